The van der Waals surface area contributed by atoms with Gasteiger partial charge in [0.1, 0.15) is 0 Å². The Bertz CT molecular complexity index is 329. The van der Waals surface area contributed by atoms with Crippen LogP contribution in [-0.2, 0) is 0 Å². The van der Waals surface area contributed by atoms with E-state index < -0.39 is 0 Å². The van der Waals surface area contributed by atoms with Gasteiger partial charge in [-0.1, -0.05) is 37.3 Å². The molecule has 0 aliphatic rings. The monoisotopic (exact) mass is 238 g/mol. The van der Waals surface area contributed by atoms with Crippen molar-refractivity contribution in [3.63, 3.8) is 0 Å². The summed E-state index contributed by atoms with van der Waals surface area (Å²) in [6.45, 7) is 2.12. The second kappa shape index (κ2) is 6.55. The van der Waals surface area contributed by atoms with Gasteiger partial charge in [-0.15, -0.1) is 0 Å². The fourth-order valence-electron chi connectivity index (χ4n) is 1.36. The second-order valence-corrected chi connectivity index (χ2v) is 5.22. The summed E-state index contributed by atoms with van der Waals surface area (Å²) in [6, 6.07) is 9.81. The van der Waals surface area contributed by atoms with Crippen molar-refractivity contribution in [3.8, 4) is 0 Å². The maximum atomic E-state index is 8.95. The smallest absolute Gasteiger partial charge is 0.0990 e. The molecule has 3 nitrogen and oxygen atoms in total. The van der Waals surface area contributed by atoms with Crippen molar-refractivity contribution in [1.29, 1.82) is 5.41 Å². The van der Waals surface area contributed by atoms with Gasteiger partial charge in [0.15, 0.2) is 0 Å². The topological polar surface area (TPSA) is 70.1 Å². The van der Waals surface area contributed by atoms with Crippen molar-refractivity contribution in [2.75, 3.05) is 12.4 Å². The van der Waals surface area contributed by atoms with Gasteiger partial charge in [-0.2, -0.15) is 11.8 Å². The third-order valence-corrected chi connectivity index (χ3v) is 3.63. The number of benzene rings is 1. The Labute approximate surface area is 101 Å². The molecule has 0 fully saturated rings. The predicted molar refractivity (Wildman–Crippen MR) is 70.1 cm³/mol. The van der Waals surface area contributed by atoms with Crippen LogP contribution in [0, 0.1) is 5.41 Å². The Balaban J connectivity index is 2.66. The summed E-state index contributed by atoms with van der Waals surface area (Å²) in [5, 5.41) is 16.7. The molecule has 0 aliphatic heterocycles. The van der Waals surface area contributed by atoms with Gasteiger partial charge < -0.3 is 10.8 Å². The number of aliphatic hydroxyl groups excluding tert-OH is 1. The molecule has 1 aromatic carbocycles. The lowest BCUT2D eigenvalue weighted by Crippen LogP contribution is -2.23. The minimum atomic E-state index is -0.0554. The zero-order valence-corrected chi connectivity index (χ0v) is 10.2. The van der Waals surface area contributed by atoms with Gasteiger partial charge in [-0.05, 0) is 5.56 Å². The highest BCUT2D eigenvalue weighted by atomic mass is 32.2. The molecule has 16 heavy (non-hydrogen) atoms. The van der Waals surface area contributed by atoms with E-state index >= 15 is 0 Å². The van der Waals surface area contributed by atoms with Crippen molar-refractivity contribution in [3.05, 3.63) is 35.9 Å². The third-order valence-electron chi connectivity index (χ3n) is 2.38. The van der Waals surface area contributed by atoms with Crippen molar-refractivity contribution < 1.29 is 5.11 Å². The molecular formula is C12H18N2OS. The molecule has 2 atom stereocenters. The number of rotatable bonds is 6. The Morgan fingerprint density at radius 3 is 2.56 bits per heavy atom. The van der Waals surface area contributed by atoms with Gasteiger partial charge in [0, 0.05) is 16.9 Å². The average Bonchev–Trinajstić information content (AvgIpc) is 2.30. The fraction of sp³-hybridized carbons (Fsp3) is 0.417. The molecule has 0 saturated heterocycles. The first kappa shape index (κ1) is 13.1. The Kier molecular flexibility index (Phi) is 5.35. The molecule has 0 heterocycles. The molecule has 0 aliphatic carbocycles. The Hall–Kier alpha value is -1.00. The second-order valence-electron chi connectivity index (χ2n) is 3.75. The SMILES string of the molecule is CC(CO)SCC(C(=N)N)c1ccccc1. The average molecular weight is 238 g/mol. The maximum absolute atomic E-state index is 8.95. The Morgan fingerprint density at radius 2 is 2.06 bits per heavy atom. The molecule has 0 aromatic heterocycles. The van der Waals surface area contributed by atoms with Crippen molar-refractivity contribution in [1.82, 2.24) is 0 Å². The maximum Gasteiger partial charge on any atom is 0.0990 e. The predicted octanol–water partition coefficient (Wildman–Crippen LogP) is 1.82. The van der Waals surface area contributed by atoms with Crippen molar-refractivity contribution in [2.45, 2.75) is 18.1 Å². The van der Waals surface area contributed by atoms with Crippen LogP contribution < -0.4 is 5.73 Å². The third kappa shape index (κ3) is 3.87. The first-order valence-corrected chi connectivity index (χ1v) is 6.31. The van der Waals surface area contributed by atoms with Gasteiger partial charge >= 0.3 is 0 Å². The molecule has 1 aromatic rings. The van der Waals surface area contributed by atoms with Gasteiger partial charge in [-0.3, -0.25) is 5.41 Å². The summed E-state index contributed by atoms with van der Waals surface area (Å²) in [5.74, 6) is 0.866. The highest BCUT2D eigenvalue weighted by Crippen LogP contribution is 2.23. The van der Waals surface area contributed by atoms with Gasteiger partial charge in [0.2, 0.25) is 0 Å². The molecule has 0 saturated carbocycles. The van der Waals surface area contributed by atoms with Crippen LogP contribution in [0.2, 0.25) is 0 Å². The minimum Gasteiger partial charge on any atom is -0.395 e. The van der Waals surface area contributed by atoms with Gasteiger partial charge in [-0.25, -0.2) is 0 Å². The number of thioether (sulfide) groups is 1. The molecule has 4 heteroatoms. The zero-order chi connectivity index (χ0) is 12.0. The lowest BCUT2D eigenvalue weighted by molar-refractivity contribution is 0.300. The number of aliphatic hydroxyl groups is 1. The van der Waals surface area contributed by atoms with Crippen LogP contribution in [-0.4, -0.2) is 28.6 Å². The molecule has 0 radical (unpaired) electrons. The Morgan fingerprint density at radius 1 is 1.44 bits per heavy atom. The number of hydrogen-bond donors (Lipinski definition) is 3. The summed E-state index contributed by atoms with van der Waals surface area (Å²) in [6.07, 6.45) is 0. The number of hydrogen-bond acceptors (Lipinski definition) is 3. The van der Waals surface area contributed by atoms with Crippen molar-refractivity contribution >= 4 is 17.6 Å². The molecule has 1 rings (SSSR count). The summed E-state index contributed by atoms with van der Waals surface area (Å²) < 4.78 is 0. The van der Waals surface area contributed by atoms with E-state index in [1.807, 2.05) is 37.3 Å². The molecule has 0 bridgehead atoms. The van der Waals surface area contributed by atoms with Gasteiger partial charge in [0.05, 0.1) is 12.4 Å². The van der Waals surface area contributed by atoms with E-state index in [1.165, 1.54) is 0 Å². The van der Waals surface area contributed by atoms with E-state index in [2.05, 4.69) is 0 Å². The van der Waals surface area contributed by atoms with E-state index in [4.69, 9.17) is 16.2 Å². The normalized spacial score (nSPS) is 14.4. The van der Waals surface area contributed by atoms with Crippen LogP contribution in [0.4, 0.5) is 0 Å². The molecular weight excluding hydrogens is 220 g/mol. The minimum absolute atomic E-state index is 0.0554. The number of amidine groups is 1. The van der Waals surface area contributed by atoms with Gasteiger partial charge in [0.25, 0.3) is 0 Å². The molecule has 0 spiro atoms. The lowest BCUT2D eigenvalue weighted by atomic mass is 10.0. The van der Waals surface area contributed by atoms with E-state index in [0.29, 0.717) is 0 Å². The number of nitrogens with one attached hydrogen (secondary N) is 1. The highest BCUT2D eigenvalue weighted by Gasteiger charge is 2.15. The van der Waals surface area contributed by atoms with Crippen LogP contribution in [0.3, 0.4) is 0 Å². The van der Waals surface area contributed by atoms with E-state index in [0.717, 1.165) is 11.3 Å². The summed E-state index contributed by atoms with van der Waals surface area (Å²) in [4.78, 5) is 0. The highest BCUT2D eigenvalue weighted by molar-refractivity contribution is 7.99. The molecule has 0 amide bonds. The van der Waals surface area contributed by atoms with Crippen LogP contribution >= 0.6 is 11.8 Å². The zero-order valence-electron chi connectivity index (χ0n) is 9.39. The van der Waals surface area contributed by atoms with Crippen LogP contribution in [0.5, 0.6) is 0 Å². The fourth-order valence-corrected chi connectivity index (χ4v) is 2.36. The first-order valence-electron chi connectivity index (χ1n) is 5.26. The summed E-state index contributed by atoms with van der Waals surface area (Å²) in [7, 11) is 0. The van der Waals surface area contributed by atoms with E-state index in [-0.39, 0.29) is 23.6 Å². The lowest BCUT2D eigenvalue weighted by Gasteiger charge is -2.17. The van der Waals surface area contributed by atoms with Crippen molar-refractivity contribution in [2.24, 2.45) is 5.73 Å². The standard InChI is InChI=1S/C12H18N2OS/c1-9(7-15)16-8-11(12(13)14)10-5-3-2-4-6-10/h2-6,9,11,15H,7-8H2,1H3,(H3,13,14). The summed E-state index contributed by atoms with van der Waals surface area (Å²) >= 11 is 1.64. The number of nitrogens with two attached hydrogens (primary N) is 1. The molecule has 4 N–H and O–H groups in total. The van der Waals surface area contributed by atoms with Crippen LogP contribution in [0.1, 0.15) is 18.4 Å². The first-order chi connectivity index (χ1) is 7.65. The van der Waals surface area contributed by atoms with Crippen LogP contribution in [0.15, 0.2) is 30.3 Å². The quantitative estimate of drug-likeness (QED) is 0.523. The summed E-state index contributed by atoms with van der Waals surface area (Å²) in [5.41, 5.74) is 6.67. The molecule has 2 unspecified atom stereocenters. The van der Waals surface area contributed by atoms with E-state index in [9.17, 15) is 0 Å². The largest absolute Gasteiger partial charge is 0.395 e. The van der Waals surface area contributed by atoms with E-state index in [1.54, 1.807) is 11.8 Å². The van der Waals surface area contributed by atoms with Crippen LogP contribution in [0.25, 0.3) is 0 Å². The molecule has 88 valence electrons.